The lowest BCUT2D eigenvalue weighted by molar-refractivity contribution is -0.166. The molecular weight excluding hydrogens is 167 g/mol. The second-order valence-corrected chi connectivity index (χ2v) is 2.87. The molecule has 0 heterocycles. The van der Waals surface area contributed by atoms with E-state index in [1.165, 1.54) is 0 Å². The predicted octanol–water partition coefficient (Wildman–Crippen LogP) is 3.06. The highest BCUT2D eigenvalue weighted by Gasteiger charge is 2.35. The molecule has 0 rings (SSSR count). The first-order valence-electron chi connectivity index (χ1n) is 3.94. The Bertz CT molecular complexity index is 160. The topological polar surface area (TPSA) is 12.4 Å². The molecule has 0 aliphatic carbocycles. The van der Waals surface area contributed by atoms with E-state index in [4.69, 9.17) is 0 Å². The zero-order chi connectivity index (χ0) is 9.78. The fourth-order valence-electron chi connectivity index (χ4n) is 0.508. The Labute approximate surface area is 70.7 Å². The third kappa shape index (κ3) is 4.36. The van der Waals surface area contributed by atoms with Gasteiger partial charge in [-0.2, -0.15) is 13.2 Å². The molecule has 1 atom stereocenters. The summed E-state index contributed by atoms with van der Waals surface area (Å²) in [5.41, 5.74) is 0.770. The molecule has 0 radical (unpaired) electrons. The number of hydrogen-bond acceptors (Lipinski definition) is 1. The van der Waals surface area contributed by atoms with Gasteiger partial charge in [0, 0.05) is 5.71 Å². The molecule has 1 nitrogen and oxygen atoms in total. The molecule has 72 valence electrons. The van der Waals surface area contributed by atoms with Crippen molar-refractivity contribution in [3.63, 3.8) is 0 Å². The molecule has 1 unspecified atom stereocenters. The van der Waals surface area contributed by atoms with E-state index < -0.39 is 12.1 Å². The van der Waals surface area contributed by atoms with E-state index in [0.29, 0.717) is 6.42 Å². The van der Waals surface area contributed by atoms with Gasteiger partial charge >= 0.3 is 6.18 Å². The van der Waals surface area contributed by atoms with Gasteiger partial charge in [0.2, 0.25) is 0 Å². The first-order chi connectivity index (χ1) is 5.38. The number of halogens is 3. The van der Waals surface area contributed by atoms with Gasteiger partial charge in [0.25, 0.3) is 0 Å². The summed E-state index contributed by atoms with van der Waals surface area (Å²) in [6.45, 7) is 4.61. The van der Waals surface area contributed by atoms with Gasteiger partial charge in [-0.1, -0.05) is 13.8 Å². The van der Waals surface area contributed by atoms with Crippen LogP contribution in [0.2, 0.25) is 0 Å². The van der Waals surface area contributed by atoms with Gasteiger partial charge in [0.05, 0.1) is 12.5 Å². The van der Waals surface area contributed by atoms with Gasteiger partial charge in [-0.3, -0.25) is 4.99 Å². The summed E-state index contributed by atoms with van der Waals surface area (Å²) in [5, 5.41) is 0. The summed E-state index contributed by atoms with van der Waals surface area (Å²) < 4.78 is 35.8. The number of alkyl halides is 3. The van der Waals surface area contributed by atoms with E-state index in [1.54, 1.807) is 6.92 Å². The standard InChI is InChI=1S/C8H14F3N/c1-4-7(3)12-5-6(2)8(9,10)11/h6H,4-5H2,1-3H3. The molecule has 0 amide bonds. The van der Waals surface area contributed by atoms with E-state index in [0.717, 1.165) is 12.6 Å². The minimum absolute atomic E-state index is 0.150. The molecule has 0 saturated carbocycles. The maximum atomic E-state index is 11.9. The Balaban J connectivity index is 3.94. The van der Waals surface area contributed by atoms with Gasteiger partial charge in [-0.15, -0.1) is 0 Å². The average molecular weight is 181 g/mol. The van der Waals surface area contributed by atoms with Crippen molar-refractivity contribution in [2.45, 2.75) is 33.4 Å². The van der Waals surface area contributed by atoms with E-state index in [2.05, 4.69) is 4.99 Å². The van der Waals surface area contributed by atoms with Crippen LogP contribution in [0.1, 0.15) is 27.2 Å². The van der Waals surface area contributed by atoms with E-state index in [9.17, 15) is 13.2 Å². The lowest BCUT2D eigenvalue weighted by atomic mass is 10.2. The lowest BCUT2D eigenvalue weighted by Gasteiger charge is -2.12. The van der Waals surface area contributed by atoms with Crippen LogP contribution in [0.25, 0.3) is 0 Å². The third-order valence-corrected chi connectivity index (χ3v) is 1.71. The zero-order valence-electron chi connectivity index (χ0n) is 7.57. The van der Waals surface area contributed by atoms with Gasteiger partial charge in [-0.05, 0) is 13.3 Å². The molecule has 0 N–H and O–H groups in total. The van der Waals surface area contributed by atoms with Crippen LogP contribution in [0.3, 0.4) is 0 Å². The van der Waals surface area contributed by atoms with Crippen LogP contribution < -0.4 is 0 Å². The van der Waals surface area contributed by atoms with Crippen LogP contribution >= 0.6 is 0 Å². The molecule has 0 aromatic heterocycles. The molecular formula is C8H14F3N. The van der Waals surface area contributed by atoms with Crippen molar-refractivity contribution < 1.29 is 13.2 Å². The van der Waals surface area contributed by atoms with Crippen LogP contribution in [0.15, 0.2) is 4.99 Å². The maximum Gasteiger partial charge on any atom is 0.393 e. The summed E-state index contributed by atoms with van der Waals surface area (Å²) in [4.78, 5) is 3.81. The third-order valence-electron chi connectivity index (χ3n) is 1.71. The van der Waals surface area contributed by atoms with Crippen molar-refractivity contribution in [2.24, 2.45) is 10.9 Å². The molecule has 0 fully saturated rings. The van der Waals surface area contributed by atoms with Crippen molar-refractivity contribution in [3.8, 4) is 0 Å². The van der Waals surface area contributed by atoms with E-state index >= 15 is 0 Å². The summed E-state index contributed by atoms with van der Waals surface area (Å²) in [5.74, 6) is -1.33. The van der Waals surface area contributed by atoms with Crippen LogP contribution in [0, 0.1) is 5.92 Å². The number of nitrogens with zero attached hydrogens (tertiary/aromatic N) is 1. The highest BCUT2D eigenvalue weighted by molar-refractivity contribution is 5.81. The van der Waals surface area contributed by atoms with Crippen LogP contribution in [0.4, 0.5) is 13.2 Å². The van der Waals surface area contributed by atoms with E-state index in [-0.39, 0.29) is 6.54 Å². The lowest BCUT2D eigenvalue weighted by Crippen LogP contribution is -2.22. The van der Waals surface area contributed by atoms with Crippen LogP contribution in [-0.4, -0.2) is 18.4 Å². The molecule has 0 aliphatic heterocycles. The van der Waals surface area contributed by atoms with Crippen LogP contribution in [-0.2, 0) is 0 Å². The summed E-state index contributed by atoms with van der Waals surface area (Å²) in [7, 11) is 0. The van der Waals surface area contributed by atoms with Crippen LogP contribution in [0.5, 0.6) is 0 Å². The summed E-state index contributed by atoms with van der Waals surface area (Å²) >= 11 is 0. The van der Waals surface area contributed by atoms with Gasteiger partial charge in [0.15, 0.2) is 0 Å². The fraction of sp³-hybridized carbons (Fsp3) is 0.875. The fourth-order valence-corrected chi connectivity index (χ4v) is 0.508. The normalized spacial score (nSPS) is 16.3. The largest absolute Gasteiger partial charge is 0.393 e. The molecule has 0 bridgehead atoms. The van der Waals surface area contributed by atoms with Gasteiger partial charge in [0.1, 0.15) is 0 Å². The zero-order valence-corrected chi connectivity index (χ0v) is 7.57. The molecule has 4 heteroatoms. The predicted molar refractivity (Wildman–Crippen MR) is 43.5 cm³/mol. The minimum atomic E-state index is -4.11. The Kier molecular flexibility index (Phi) is 4.28. The summed E-state index contributed by atoms with van der Waals surface area (Å²) in [6.07, 6.45) is -3.40. The molecule has 0 aromatic rings. The molecule has 0 saturated heterocycles. The first kappa shape index (κ1) is 11.5. The maximum absolute atomic E-state index is 11.9. The molecule has 12 heavy (non-hydrogen) atoms. The minimum Gasteiger partial charge on any atom is -0.294 e. The van der Waals surface area contributed by atoms with Crippen molar-refractivity contribution in [3.05, 3.63) is 0 Å². The van der Waals surface area contributed by atoms with Crippen molar-refractivity contribution in [1.82, 2.24) is 0 Å². The Morgan fingerprint density at radius 1 is 1.42 bits per heavy atom. The number of hydrogen-bond donors (Lipinski definition) is 0. The second kappa shape index (κ2) is 4.48. The highest BCUT2D eigenvalue weighted by atomic mass is 19.4. The highest BCUT2D eigenvalue weighted by Crippen LogP contribution is 2.25. The molecule has 0 aromatic carbocycles. The number of rotatable bonds is 3. The summed E-state index contributed by atoms with van der Waals surface area (Å²) in [6, 6.07) is 0. The van der Waals surface area contributed by atoms with Crippen molar-refractivity contribution in [2.75, 3.05) is 6.54 Å². The Morgan fingerprint density at radius 2 is 1.92 bits per heavy atom. The monoisotopic (exact) mass is 181 g/mol. The van der Waals surface area contributed by atoms with Gasteiger partial charge < -0.3 is 0 Å². The first-order valence-corrected chi connectivity index (χ1v) is 3.94. The number of aliphatic imine (C=N–C) groups is 1. The van der Waals surface area contributed by atoms with E-state index in [1.807, 2.05) is 6.92 Å². The Hall–Kier alpha value is -0.540. The Morgan fingerprint density at radius 3 is 2.25 bits per heavy atom. The quantitative estimate of drug-likeness (QED) is 0.593. The van der Waals surface area contributed by atoms with Crippen molar-refractivity contribution in [1.29, 1.82) is 0 Å². The average Bonchev–Trinajstić information content (AvgIpc) is 1.97. The molecule has 0 spiro atoms. The smallest absolute Gasteiger partial charge is 0.294 e. The van der Waals surface area contributed by atoms with Crippen molar-refractivity contribution >= 4 is 5.71 Å². The molecule has 0 aliphatic rings. The SMILES string of the molecule is CCC(C)=NCC(C)C(F)(F)F. The van der Waals surface area contributed by atoms with Gasteiger partial charge in [-0.25, -0.2) is 0 Å². The second-order valence-electron chi connectivity index (χ2n) is 2.87.